The van der Waals surface area contributed by atoms with Crippen molar-refractivity contribution in [2.24, 2.45) is 23.5 Å². The molecule has 1 saturated heterocycles. The molecule has 2 aliphatic rings. The SMILES string of the molecule is CC[C@@H]1C[C@H]1C(N)C1CCOCC1. The first-order chi connectivity index (χ1) is 6.33. The quantitative estimate of drug-likeness (QED) is 0.724. The van der Waals surface area contributed by atoms with Gasteiger partial charge in [0.1, 0.15) is 0 Å². The van der Waals surface area contributed by atoms with Crippen LogP contribution < -0.4 is 5.73 Å². The maximum Gasteiger partial charge on any atom is 0.0469 e. The van der Waals surface area contributed by atoms with Crippen molar-refractivity contribution in [3.63, 3.8) is 0 Å². The molecule has 1 aliphatic carbocycles. The van der Waals surface area contributed by atoms with Gasteiger partial charge in [0.05, 0.1) is 0 Å². The monoisotopic (exact) mass is 183 g/mol. The van der Waals surface area contributed by atoms with Crippen molar-refractivity contribution in [1.29, 1.82) is 0 Å². The third-order valence-corrected chi connectivity index (χ3v) is 3.81. The Hall–Kier alpha value is -0.0800. The largest absolute Gasteiger partial charge is 0.381 e. The highest BCUT2D eigenvalue weighted by Gasteiger charge is 2.42. The highest BCUT2D eigenvalue weighted by Crippen LogP contribution is 2.45. The molecule has 0 aromatic heterocycles. The highest BCUT2D eigenvalue weighted by atomic mass is 16.5. The van der Waals surface area contributed by atoms with Gasteiger partial charge < -0.3 is 10.5 Å². The van der Waals surface area contributed by atoms with Crippen LogP contribution in [-0.4, -0.2) is 19.3 Å². The summed E-state index contributed by atoms with van der Waals surface area (Å²) >= 11 is 0. The van der Waals surface area contributed by atoms with Gasteiger partial charge in [0.25, 0.3) is 0 Å². The first-order valence-corrected chi connectivity index (χ1v) is 5.66. The van der Waals surface area contributed by atoms with Crippen LogP contribution in [0.2, 0.25) is 0 Å². The lowest BCUT2D eigenvalue weighted by Crippen LogP contribution is -2.36. The van der Waals surface area contributed by atoms with E-state index in [9.17, 15) is 0 Å². The van der Waals surface area contributed by atoms with Crippen LogP contribution in [0.15, 0.2) is 0 Å². The van der Waals surface area contributed by atoms with E-state index in [0.717, 1.165) is 31.0 Å². The number of rotatable bonds is 3. The molecule has 76 valence electrons. The standard InChI is InChI=1S/C11H21NO/c1-2-8-7-10(8)11(12)9-3-5-13-6-4-9/h8-11H,2-7,12H2,1H3/t8-,10-,11?/m1/s1. The fraction of sp³-hybridized carbons (Fsp3) is 1.00. The van der Waals surface area contributed by atoms with Gasteiger partial charge in [-0.2, -0.15) is 0 Å². The molecule has 2 rings (SSSR count). The van der Waals surface area contributed by atoms with E-state index >= 15 is 0 Å². The van der Waals surface area contributed by atoms with Gasteiger partial charge in [0.15, 0.2) is 0 Å². The Morgan fingerprint density at radius 1 is 1.38 bits per heavy atom. The second-order valence-corrected chi connectivity index (χ2v) is 4.60. The molecule has 0 spiro atoms. The summed E-state index contributed by atoms with van der Waals surface area (Å²) in [4.78, 5) is 0. The van der Waals surface area contributed by atoms with Crippen molar-refractivity contribution >= 4 is 0 Å². The molecule has 2 N–H and O–H groups in total. The van der Waals surface area contributed by atoms with E-state index in [2.05, 4.69) is 6.92 Å². The van der Waals surface area contributed by atoms with Gasteiger partial charge >= 0.3 is 0 Å². The third kappa shape index (κ3) is 2.05. The fourth-order valence-corrected chi connectivity index (χ4v) is 2.66. The van der Waals surface area contributed by atoms with E-state index in [0.29, 0.717) is 6.04 Å². The van der Waals surface area contributed by atoms with E-state index in [-0.39, 0.29) is 0 Å². The molecular weight excluding hydrogens is 162 g/mol. The van der Waals surface area contributed by atoms with Crippen molar-refractivity contribution in [2.45, 2.75) is 38.6 Å². The Balaban J connectivity index is 1.79. The van der Waals surface area contributed by atoms with Gasteiger partial charge in [-0.3, -0.25) is 0 Å². The molecule has 13 heavy (non-hydrogen) atoms. The van der Waals surface area contributed by atoms with Crippen molar-refractivity contribution in [3.05, 3.63) is 0 Å². The Morgan fingerprint density at radius 2 is 2.08 bits per heavy atom. The summed E-state index contributed by atoms with van der Waals surface area (Å²) in [6.45, 7) is 4.14. The van der Waals surface area contributed by atoms with E-state index in [1.807, 2.05) is 0 Å². The molecule has 2 fully saturated rings. The zero-order valence-electron chi connectivity index (χ0n) is 8.54. The zero-order valence-corrected chi connectivity index (χ0v) is 8.54. The molecular formula is C11H21NO. The Bertz CT molecular complexity index is 165. The summed E-state index contributed by atoms with van der Waals surface area (Å²) in [6, 6.07) is 0.467. The van der Waals surface area contributed by atoms with Crippen LogP contribution in [0.3, 0.4) is 0 Å². The molecule has 3 atom stereocenters. The minimum absolute atomic E-state index is 0.467. The van der Waals surface area contributed by atoms with Crippen LogP contribution >= 0.6 is 0 Å². The average Bonchev–Trinajstić information content (AvgIpc) is 2.97. The van der Waals surface area contributed by atoms with Crippen molar-refractivity contribution in [2.75, 3.05) is 13.2 Å². The molecule has 2 heteroatoms. The molecule has 0 aromatic rings. The number of ether oxygens (including phenoxy) is 1. The average molecular weight is 183 g/mol. The second-order valence-electron chi connectivity index (χ2n) is 4.60. The van der Waals surface area contributed by atoms with Crippen LogP contribution in [-0.2, 0) is 4.74 Å². The fourth-order valence-electron chi connectivity index (χ4n) is 2.66. The molecule has 2 nitrogen and oxygen atoms in total. The smallest absolute Gasteiger partial charge is 0.0469 e. The zero-order chi connectivity index (χ0) is 9.26. The maximum atomic E-state index is 6.26. The Labute approximate surface area is 80.8 Å². The molecule has 1 heterocycles. The summed E-state index contributed by atoms with van der Waals surface area (Å²) in [5.41, 5.74) is 6.26. The highest BCUT2D eigenvalue weighted by molar-refractivity contribution is 4.95. The van der Waals surface area contributed by atoms with Crippen molar-refractivity contribution in [1.82, 2.24) is 0 Å². The number of hydrogen-bond donors (Lipinski definition) is 1. The van der Waals surface area contributed by atoms with Gasteiger partial charge in [0.2, 0.25) is 0 Å². The van der Waals surface area contributed by atoms with Crippen LogP contribution in [0.5, 0.6) is 0 Å². The Kier molecular flexibility index (Phi) is 2.89. The second kappa shape index (κ2) is 3.97. The van der Waals surface area contributed by atoms with Crippen LogP contribution in [0, 0.1) is 17.8 Å². The molecule has 0 aromatic carbocycles. The molecule has 0 bridgehead atoms. The van der Waals surface area contributed by atoms with Crippen LogP contribution in [0.1, 0.15) is 32.6 Å². The first kappa shape index (κ1) is 9.47. The number of nitrogens with two attached hydrogens (primary N) is 1. The summed E-state index contributed by atoms with van der Waals surface area (Å²) in [5, 5.41) is 0. The minimum atomic E-state index is 0.467. The van der Waals surface area contributed by atoms with E-state index in [1.165, 1.54) is 25.7 Å². The third-order valence-electron chi connectivity index (χ3n) is 3.81. The van der Waals surface area contributed by atoms with Gasteiger partial charge in [-0.1, -0.05) is 13.3 Å². The normalized spacial score (nSPS) is 37.4. The predicted octanol–water partition coefficient (Wildman–Crippen LogP) is 1.79. The van der Waals surface area contributed by atoms with Gasteiger partial charge in [-0.15, -0.1) is 0 Å². The topological polar surface area (TPSA) is 35.2 Å². The van der Waals surface area contributed by atoms with E-state index in [4.69, 9.17) is 10.5 Å². The van der Waals surface area contributed by atoms with E-state index < -0.39 is 0 Å². The summed E-state index contributed by atoms with van der Waals surface area (Å²) in [5.74, 6) is 2.53. The van der Waals surface area contributed by atoms with Crippen molar-refractivity contribution in [3.8, 4) is 0 Å². The summed E-state index contributed by atoms with van der Waals surface area (Å²) in [7, 11) is 0. The Morgan fingerprint density at radius 3 is 2.62 bits per heavy atom. The van der Waals surface area contributed by atoms with E-state index in [1.54, 1.807) is 0 Å². The molecule has 0 radical (unpaired) electrons. The molecule has 1 aliphatic heterocycles. The molecule has 1 unspecified atom stereocenters. The predicted molar refractivity (Wildman–Crippen MR) is 53.4 cm³/mol. The summed E-state index contributed by atoms with van der Waals surface area (Å²) in [6.07, 6.45) is 5.08. The number of hydrogen-bond acceptors (Lipinski definition) is 2. The van der Waals surface area contributed by atoms with Gasteiger partial charge in [-0.25, -0.2) is 0 Å². The summed E-state index contributed by atoms with van der Waals surface area (Å²) < 4.78 is 5.35. The molecule has 1 saturated carbocycles. The van der Waals surface area contributed by atoms with Gasteiger partial charge in [0, 0.05) is 19.3 Å². The lowest BCUT2D eigenvalue weighted by molar-refractivity contribution is 0.0554. The lowest BCUT2D eigenvalue weighted by atomic mass is 9.88. The maximum absolute atomic E-state index is 6.26. The van der Waals surface area contributed by atoms with Crippen LogP contribution in [0.25, 0.3) is 0 Å². The molecule has 0 amide bonds. The lowest BCUT2D eigenvalue weighted by Gasteiger charge is -2.27. The van der Waals surface area contributed by atoms with Gasteiger partial charge in [-0.05, 0) is 37.0 Å². The first-order valence-electron chi connectivity index (χ1n) is 5.66. The van der Waals surface area contributed by atoms with Crippen LogP contribution in [0.4, 0.5) is 0 Å². The minimum Gasteiger partial charge on any atom is -0.381 e. The van der Waals surface area contributed by atoms with Crippen molar-refractivity contribution < 1.29 is 4.74 Å².